The predicted octanol–water partition coefficient (Wildman–Crippen LogP) is 2.96. The molecule has 0 N–H and O–H groups in total. The Balaban J connectivity index is 2.01. The highest BCUT2D eigenvalue weighted by atomic mass is 28.3. The van der Waals surface area contributed by atoms with E-state index in [4.69, 9.17) is 9.47 Å². The Morgan fingerprint density at radius 1 is 1.06 bits per heavy atom. The van der Waals surface area contributed by atoms with Crippen molar-refractivity contribution < 1.29 is 19.1 Å². The second kappa shape index (κ2) is 10.6. The van der Waals surface area contributed by atoms with E-state index in [0.29, 0.717) is 12.8 Å². The van der Waals surface area contributed by atoms with Crippen LogP contribution in [0.1, 0.15) is 26.7 Å². The number of likely N-dealkylation sites (N-methyl/N-ethyl adjacent to an activating group) is 2. The Labute approximate surface area is 200 Å². The molecule has 1 aromatic carbocycles. The second-order valence-electron chi connectivity index (χ2n) is 10.2. The molecule has 1 unspecified atom stereocenters. The van der Waals surface area contributed by atoms with Gasteiger partial charge in [-0.3, -0.25) is 9.59 Å². The van der Waals surface area contributed by atoms with Crippen molar-refractivity contribution in [2.45, 2.75) is 45.8 Å². The van der Waals surface area contributed by atoms with Gasteiger partial charge in [0.25, 0.3) is 0 Å². The molecule has 1 aromatic rings. The Kier molecular flexibility index (Phi) is 8.24. The highest BCUT2D eigenvalue weighted by molar-refractivity contribution is 6.89. The summed E-state index contributed by atoms with van der Waals surface area (Å²) in [6.07, 6.45) is 0.840. The third-order valence-corrected chi connectivity index (χ3v) is 10.8. The van der Waals surface area contributed by atoms with Gasteiger partial charge in [0.2, 0.25) is 0 Å². The van der Waals surface area contributed by atoms with Crippen molar-refractivity contribution in [1.82, 2.24) is 9.62 Å². The first kappa shape index (κ1) is 25.7. The molecule has 2 fully saturated rings. The number of carbonyl (C=O) groups is 2. The summed E-state index contributed by atoms with van der Waals surface area (Å²) < 4.78 is 10.9. The minimum absolute atomic E-state index is 0.142. The van der Waals surface area contributed by atoms with Crippen molar-refractivity contribution >= 4 is 32.2 Å². The lowest BCUT2D eigenvalue weighted by Gasteiger charge is -2.29. The predicted molar refractivity (Wildman–Crippen MR) is 136 cm³/mol. The molecule has 1 saturated carbocycles. The van der Waals surface area contributed by atoms with Crippen LogP contribution in [-0.4, -0.2) is 77.0 Å². The van der Waals surface area contributed by atoms with E-state index < -0.39 is 25.4 Å². The maximum atomic E-state index is 13.2. The lowest BCUT2D eigenvalue weighted by atomic mass is 9.71. The molecule has 3 rings (SSSR count). The van der Waals surface area contributed by atoms with E-state index in [-0.39, 0.29) is 26.1 Å². The molecule has 1 heterocycles. The monoisotopic (exact) mass is 470 g/mol. The quantitative estimate of drug-likeness (QED) is 0.331. The van der Waals surface area contributed by atoms with Crippen LogP contribution in [0, 0.1) is 11.3 Å². The minimum atomic E-state index is -1.82. The first-order chi connectivity index (χ1) is 15.6. The molecule has 8 heteroatoms. The summed E-state index contributed by atoms with van der Waals surface area (Å²) in [5.74, 6) is 1.56. The maximum Gasteiger partial charge on any atom is 0.338 e. The molecule has 0 bridgehead atoms. The molecule has 180 valence electrons. The molecular formula is C25H39BN2O4Si. The number of hydrogen-bond acceptors (Lipinski definition) is 6. The molecule has 1 saturated heterocycles. The van der Waals surface area contributed by atoms with Gasteiger partial charge in [0.15, 0.2) is 5.41 Å². The summed E-state index contributed by atoms with van der Waals surface area (Å²) in [7, 11) is 2.44. The highest BCUT2D eigenvalue weighted by Gasteiger charge is 2.56. The molecule has 0 amide bonds. The average molecular weight is 470 g/mol. The lowest BCUT2D eigenvalue weighted by Crippen LogP contribution is -2.44. The smallest absolute Gasteiger partial charge is 0.338 e. The summed E-state index contributed by atoms with van der Waals surface area (Å²) in [4.78, 5) is 31.1. The van der Waals surface area contributed by atoms with Crippen molar-refractivity contribution in [2.24, 2.45) is 11.3 Å². The van der Waals surface area contributed by atoms with Crippen molar-refractivity contribution in [3.8, 4) is 0 Å². The van der Waals surface area contributed by atoms with Gasteiger partial charge < -0.3 is 19.1 Å². The van der Waals surface area contributed by atoms with Gasteiger partial charge in [-0.1, -0.05) is 60.2 Å². The maximum absolute atomic E-state index is 13.2. The van der Waals surface area contributed by atoms with E-state index in [1.165, 1.54) is 10.8 Å². The third-order valence-electron chi connectivity index (χ3n) is 7.34. The highest BCUT2D eigenvalue weighted by Crippen LogP contribution is 2.50. The minimum Gasteiger partial charge on any atom is -0.465 e. The van der Waals surface area contributed by atoms with Crippen molar-refractivity contribution in [3.63, 3.8) is 0 Å². The van der Waals surface area contributed by atoms with Gasteiger partial charge in [-0.05, 0) is 52.7 Å². The first-order valence-electron chi connectivity index (χ1n) is 12.2. The number of rotatable bonds is 8. The Morgan fingerprint density at radius 3 is 2.12 bits per heavy atom. The fraction of sp³-hybridized carbons (Fsp3) is 0.600. The fourth-order valence-electron chi connectivity index (χ4n) is 5.43. The summed E-state index contributed by atoms with van der Waals surface area (Å²) in [5, 5.41) is 1.39. The fourth-order valence-corrected chi connectivity index (χ4v) is 8.40. The Morgan fingerprint density at radius 2 is 1.61 bits per heavy atom. The van der Waals surface area contributed by atoms with Gasteiger partial charge in [0.05, 0.1) is 21.3 Å². The molecule has 0 aromatic heterocycles. The van der Waals surface area contributed by atoms with Crippen LogP contribution < -0.4 is 5.19 Å². The number of allylic oxidation sites excluding steroid dienone is 1. The van der Waals surface area contributed by atoms with Gasteiger partial charge in [0.1, 0.15) is 0 Å². The van der Waals surface area contributed by atoms with E-state index in [0.717, 1.165) is 19.1 Å². The van der Waals surface area contributed by atoms with Gasteiger partial charge in [-0.15, -0.1) is 0 Å². The van der Waals surface area contributed by atoms with Crippen molar-refractivity contribution in [2.75, 3.05) is 40.4 Å². The van der Waals surface area contributed by atoms with E-state index in [1.54, 1.807) is 13.8 Å². The van der Waals surface area contributed by atoms with Gasteiger partial charge in [-0.25, -0.2) is 0 Å². The van der Waals surface area contributed by atoms with Crippen LogP contribution >= 0.6 is 0 Å². The summed E-state index contributed by atoms with van der Waals surface area (Å²) in [5.41, 5.74) is -0.0578. The van der Waals surface area contributed by atoms with Crippen molar-refractivity contribution in [1.29, 1.82) is 0 Å². The average Bonchev–Trinajstić information content (AvgIpc) is 3.30. The largest absolute Gasteiger partial charge is 0.465 e. The van der Waals surface area contributed by atoms with Crippen LogP contribution in [-0.2, 0) is 19.1 Å². The van der Waals surface area contributed by atoms with Crippen LogP contribution in [0.4, 0.5) is 0 Å². The molecule has 6 nitrogen and oxygen atoms in total. The number of benzene rings is 1. The Bertz CT molecular complexity index is 848. The van der Waals surface area contributed by atoms with E-state index >= 15 is 0 Å². The van der Waals surface area contributed by atoms with Gasteiger partial charge in [-0.2, -0.15) is 0 Å². The van der Waals surface area contributed by atoms with Crippen molar-refractivity contribution in [3.05, 3.63) is 41.9 Å². The van der Waals surface area contributed by atoms with Crippen LogP contribution in [0.25, 0.3) is 0 Å². The molecule has 1 aliphatic heterocycles. The number of esters is 2. The van der Waals surface area contributed by atoms with Crippen LogP contribution in [0.3, 0.4) is 0 Å². The van der Waals surface area contributed by atoms with Crippen LogP contribution in [0.2, 0.25) is 19.1 Å². The molecule has 33 heavy (non-hydrogen) atoms. The molecule has 1 atom stereocenters. The number of carbonyl (C=O) groups excluding carboxylic acids is 2. The Hall–Kier alpha value is -1.90. The SMILES string of the molecule is CCOC(=O)C1(C(=O)OCC)C/C(=C\B2N(C)CCN2C)C(C[Si](C)(C)c2ccccc2)C1. The van der Waals surface area contributed by atoms with Gasteiger partial charge in [0, 0.05) is 13.1 Å². The summed E-state index contributed by atoms with van der Waals surface area (Å²) >= 11 is 0. The summed E-state index contributed by atoms with van der Waals surface area (Å²) in [6, 6.07) is 11.6. The first-order valence-corrected chi connectivity index (χ1v) is 15.4. The van der Waals surface area contributed by atoms with E-state index in [9.17, 15) is 9.59 Å². The number of hydrogen-bond donors (Lipinski definition) is 0. The zero-order valence-electron chi connectivity index (χ0n) is 21.1. The number of nitrogens with zero attached hydrogens (tertiary/aromatic N) is 2. The second-order valence-corrected chi connectivity index (χ2v) is 14.9. The van der Waals surface area contributed by atoms with E-state index in [2.05, 4.69) is 67.1 Å². The molecule has 1 aliphatic carbocycles. The molecule has 0 spiro atoms. The number of ether oxygens (including phenoxy) is 2. The molecule has 2 aliphatic rings. The standard InChI is InChI=1S/C25H39BN2O4Si/c1-7-31-23(29)25(24(30)32-8-2)16-20(18-26-27(3)14-15-28(26)4)21(17-25)19-33(5,6)22-12-10-9-11-13-22/h9-13,18,21H,7-8,14-17,19H2,1-6H3/b20-18+. The molecular weight excluding hydrogens is 431 g/mol. The topological polar surface area (TPSA) is 59.1 Å². The van der Waals surface area contributed by atoms with Gasteiger partial charge >= 0.3 is 18.9 Å². The van der Waals surface area contributed by atoms with Crippen LogP contribution in [0.5, 0.6) is 0 Å². The zero-order valence-corrected chi connectivity index (χ0v) is 22.1. The molecule has 0 radical (unpaired) electrons. The third kappa shape index (κ3) is 5.44. The summed E-state index contributed by atoms with van der Waals surface area (Å²) in [6.45, 7) is 11.0. The normalized spacial score (nSPS) is 22.7. The van der Waals surface area contributed by atoms with Crippen LogP contribution in [0.15, 0.2) is 41.9 Å². The lowest BCUT2D eigenvalue weighted by molar-refractivity contribution is -0.171. The van der Waals surface area contributed by atoms with E-state index in [1.807, 2.05) is 6.07 Å². The zero-order chi connectivity index (χ0) is 24.2.